The van der Waals surface area contributed by atoms with Crippen LogP contribution in [0.2, 0.25) is 0 Å². The molecule has 0 aliphatic carbocycles. The van der Waals surface area contributed by atoms with E-state index in [0.29, 0.717) is 25.7 Å². The summed E-state index contributed by atoms with van der Waals surface area (Å²) in [5.74, 6) is -2.23. The molecule has 104 heavy (non-hydrogen) atoms. The largest absolute Gasteiger partial charge is 0.472 e. The average molecular weight is 1500 g/mol. The van der Waals surface area contributed by atoms with Gasteiger partial charge in [-0.25, -0.2) is 9.13 Å². The third-order valence-electron chi connectivity index (χ3n) is 16.9. The molecule has 0 fully saturated rings. The van der Waals surface area contributed by atoms with Crippen molar-refractivity contribution in [3.8, 4) is 0 Å². The molecule has 0 aliphatic rings. The van der Waals surface area contributed by atoms with Gasteiger partial charge in [-0.3, -0.25) is 37.3 Å². The van der Waals surface area contributed by atoms with E-state index in [1.165, 1.54) is 70.6 Å². The lowest BCUT2D eigenvalue weighted by molar-refractivity contribution is -0.161. The third-order valence-corrected chi connectivity index (χ3v) is 18.8. The molecule has 0 saturated carbocycles. The molecule has 0 spiro atoms. The molecule has 3 N–H and O–H groups in total. The first-order chi connectivity index (χ1) is 50.7. The molecule has 0 aliphatic heterocycles. The van der Waals surface area contributed by atoms with E-state index in [4.69, 9.17) is 37.0 Å². The van der Waals surface area contributed by atoms with E-state index in [0.717, 1.165) is 186 Å². The van der Waals surface area contributed by atoms with Crippen molar-refractivity contribution in [2.24, 2.45) is 0 Å². The lowest BCUT2D eigenvalue weighted by Crippen LogP contribution is -2.30. The number of allylic oxidation sites excluding steroid dienone is 20. The molecule has 0 bridgehead atoms. The van der Waals surface area contributed by atoms with Gasteiger partial charge in [-0.05, 0) is 135 Å². The molecule has 17 nitrogen and oxygen atoms in total. The van der Waals surface area contributed by atoms with Crippen LogP contribution in [0, 0.1) is 0 Å². The van der Waals surface area contributed by atoms with Crippen molar-refractivity contribution in [3.05, 3.63) is 122 Å². The minimum atomic E-state index is -4.99. The number of hydrogen-bond donors (Lipinski definition) is 3. The first-order valence-corrected chi connectivity index (χ1v) is 43.8. The molecule has 19 heteroatoms. The Bertz CT molecular complexity index is 2440. The number of ether oxygens (including phenoxy) is 4. The Morgan fingerprint density at radius 1 is 0.279 bits per heavy atom. The lowest BCUT2D eigenvalue weighted by Gasteiger charge is -2.21. The monoisotopic (exact) mass is 1500 g/mol. The van der Waals surface area contributed by atoms with Gasteiger partial charge in [0, 0.05) is 25.7 Å². The maximum atomic E-state index is 13.1. The van der Waals surface area contributed by atoms with Crippen LogP contribution in [0.3, 0.4) is 0 Å². The molecule has 598 valence electrons. The van der Waals surface area contributed by atoms with Crippen molar-refractivity contribution in [2.45, 2.75) is 354 Å². The molecule has 0 aromatic rings. The first kappa shape index (κ1) is 99.5. The van der Waals surface area contributed by atoms with Crippen LogP contribution in [-0.2, 0) is 65.4 Å². The summed E-state index contributed by atoms with van der Waals surface area (Å²) in [4.78, 5) is 73.1. The molecular weight excluding hydrogens is 1350 g/mol. The minimum Gasteiger partial charge on any atom is -0.462 e. The Labute approximate surface area is 632 Å². The molecule has 0 aromatic carbocycles. The highest BCUT2D eigenvalue weighted by molar-refractivity contribution is 7.47. The summed E-state index contributed by atoms with van der Waals surface area (Å²) in [5, 5.41) is 10.6. The van der Waals surface area contributed by atoms with E-state index in [-0.39, 0.29) is 25.7 Å². The molecule has 5 unspecified atom stereocenters. The second-order valence-electron chi connectivity index (χ2n) is 27.0. The van der Waals surface area contributed by atoms with Crippen molar-refractivity contribution in [3.63, 3.8) is 0 Å². The first-order valence-electron chi connectivity index (χ1n) is 40.8. The minimum absolute atomic E-state index is 0.0783. The second-order valence-corrected chi connectivity index (χ2v) is 29.9. The van der Waals surface area contributed by atoms with Crippen LogP contribution in [0.4, 0.5) is 0 Å². The summed E-state index contributed by atoms with van der Waals surface area (Å²) in [6.45, 7) is 4.58. The standard InChI is InChI=1S/C85H146O17P2/c1-5-9-13-17-21-25-29-33-36-38-39-41-43-47-50-54-58-62-66-70-83(88)96-76-81(102-85(90)72-68-64-60-56-52-48-44-40-37-34-30-26-22-18-14-10-6-2)78-100-104(93,94)98-74-79(86)73-97-103(91,92)99-77-80(101-84(89)71-67-63-59-55-51-45-32-28-24-20-16-12-8-4)75-95-82(87)69-65-61-57-53-49-46-42-35-31-27-23-19-15-11-7-3/h10-11,14-15,21-23,25-27,33-37,39,41-42,49,53,79-81,86H,5-9,12-13,16-20,24,28-32,38,40,43-48,50-52,54-78H2,1-4H3,(H,91,92)(H,93,94)/b14-10-,15-11-,25-21-,26-22-,27-23-,36-33-,37-34-,41-39-,42-35-,53-49-. The quantitative estimate of drug-likeness (QED) is 0.0169. The predicted octanol–water partition coefficient (Wildman–Crippen LogP) is 23.9. The topological polar surface area (TPSA) is 237 Å². The maximum Gasteiger partial charge on any atom is 0.472 e. The third kappa shape index (κ3) is 75.7. The van der Waals surface area contributed by atoms with Gasteiger partial charge in [-0.15, -0.1) is 0 Å². The average Bonchev–Trinajstić information content (AvgIpc) is 0.916. The van der Waals surface area contributed by atoms with Gasteiger partial charge in [-0.1, -0.05) is 297 Å². The number of rotatable bonds is 76. The highest BCUT2D eigenvalue weighted by Gasteiger charge is 2.30. The van der Waals surface area contributed by atoms with Crippen LogP contribution in [0.1, 0.15) is 336 Å². The highest BCUT2D eigenvalue weighted by atomic mass is 31.2. The number of unbranched alkanes of at least 4 members (excludes halogenated alkanes) is 30. The second kappa shape index (κ2) is 76.6. The van der Waals surface area contributed by atoms with E-state index in [2.05, 4.69) is 149 Å². The van der Waals surface area contributed by atoms with Gasteiger partial charge in [0.05, 0.1) is 26.4 Å². The Morgan fingerprint density at radius 3 is 0.808 bits per heavy atom. The Kier molecular flexibility index (Phi) is 73.3. The number of carbonyl (C=O) groups is 4. The zero-order valence-electron chi connectivity index (χ0n) is 65.4. The van der Waals surface area contributed by atoms with Crippen LogP contribution < -0.4 is 0 Å². The Hall–Kier alpha value is -4.54. The number of carbonyl (C=O) groups excluding carboxylic acids is 4. The molecule has 0 amide bonds. The van der Waals surface area contributed by atoms with Crippen molar-refractivity contribution < 1.29 is 80.2 Å². The molecule has 0 radical (unpaired) electrons. The van der Waals surface area contributed by atoms with E-state index >= 15 is 0 Å². The fourth-order valence-corrected chi connectivity index (χ4v) is 12.3. The lowest BCUT2D eigenvalue weighted by atomic mass is 10.0. The van der Waals surface area contributed by atoms with Crippen LogP contribution in [0.15, 0.2) is 122 Å². The van der Waals surface area contributed by atoms with Crippen molar-refractivity contribution in [2.75, 3.05) is 39.6 Å². The van der Waals surface area contributed by atoms with Crippen LogP contribution in [0.5, 0.6) is 0 Å². The Balaban J connectivity index is 5.39. The molecule has 0 aromatic heterocycles. The fourth-order valence-electron chi connectivity index (χ4n) is 10.8. The molecule has 0 rings (SSSR count). The van der Waals surface area contributed by atoms with Gasteiger partial charge in [0.2, 0.25) is 0 Å². The van der Waals surface area contributed by atoms with Gasteiger partial charge in [0.1, 0.15) is 19.3 Å². The van der Waals surface area contributed by atoms with E-state index in [9.17, 15) is 43.2 Å². The van der Waals surface area contributed by atoms with E-state index in [1.54, 1.807) is 0 Å². The number of aliphatic hydroxyl groups excluding tert-OH is 1. The van der Waals surface area contributed by atoms with Crippen molar-refractivity contribution in [1.29, 1.82) is 0 Å². The molecular formula is C85H146O17P2. The summed E-state index contributed by atoms with van der Waals surface area (Å²) in [7, 11) is -9.97. The number of esters is 4. The van der Waals surface area contributed by atoms with E-state index in [1.807, 2.05) is 0 Å². The summed E-state index contributed by atoms with van der Waals surface area (Å²) < 4.78 is 68.6. The van der Waals surface area contributed by atoms with E-state index < -0.39 is 97.5 Å². The van der Waals surface area contributed by atoms with Gasteiger partial charge >= 0.3 is 39.5 Å². The zero-order valence-corrected chi connectivity index (χ0v) is 67.2. The number of aliphatic hydroxyl groups is 1. The number of phosphoric ester groups is 2. The van der Waals surface area contributed by atoms with Crippen molar-refractivity contribution >= 4 is 39.5 Å². The molecule has 0 saturated heterocycles. The summed E-state index contributed by atoms with van der Waals surface area (Å²) in [6.07, 6.45) is 84.6. The normalized spacial score (nSPS) is 14.5. The highest BCUT2D eigenvalue weighted by Crippen LogP contribution is 2.45. The zero-order chi connectivity index (χ0) is 76.0. The summed E-state index contributed by atoms with van der Waals surface area (Å²) in [6, 6.07) is 0. The molecule has 0 heterocycles. The number of hydrogen-bond acceptors (Lipinski definition) is 15. The van der Waals surface area contributed by atoms with Crippen LogP contribution >= 0.6 is 15.6 Å². The fraction of sp³-hybridized carbons (Fsp3) is 0.718. The van der Waals surface area contributed by atoms with Crippen LogP contribution in [-0.4, -0.2) is 96.7 Å². The van der Waals surface area contributed by atoms with Gasteiger partial charge < -0.3 is 33.8 Å². The Morgan fingerprint density at radius 2 is 0.500 bits per heavy atom. The van der Waals surface area contributed by atoms with Gasteiger partial charge in [0.15, 0.2) is 12.2 Å². The summed E-state index contributed by atoms with van der Waals surface area (Å²) in [5.41, 5.74) is 0. The predicted molar refractivity (Wildman–Crippen MR) is 427 cm³/mol. The summed E-state index contributed by atoms with van der Waals surface area (Å²) >= 11 is 0. The smallest absolute Gasteiger partial charge is 0.462 e. The maximum absolute atomic E-state index is 13.1. The van der Waals surface area contributed by atoms with Crippen LogP contribution in [0.25, 0.3) is 0 Å². The van der Waals surface area contributed by atoms with Gasteiger partial charge in [-0.2, -0.15) is 0 Å². The molecule has 5 atom stereocenters. The van der Waals surface area contributed by atoms with Gasteiger partial charge in [0.25, 0.3) is 0 Å². The number of phosphoric acid groups is 2. The SMILES string of the molecule is CC/C=C\C/C=C\C/C=C\C/C=C\CCCCC(=O)OCC(COP(=O)(O)OCC(O)COP(=O)(O)OCC(COC(=O)CCCCCCCC/C=C\C/C=C\C/C=C\CCCCC)OC(=O)CCCCCCCCC/C=C\C/C=C\C/C=C\CC)OC(=O)CCCCCCCCCCCCCCC. The van der Waals surface area contributed by atoms with Crippen molar-refractivity contribution in [1.82, 2.24) is 0 Å².